The maximum Gasteiger partial charge on any atom is 0.330 e. The summed E-state index contributed by atoms with van der Waals surface area (Å²) in [4.78, 5) is 90.3. The van der Waals surface area contributed by atoms with Gasteiger partial charge in [0.05, 0.1) is 68.3 Å². The van der Waals surface area contributed by atoms with Gasteiger partial charge >= 0.3 is 18.1 Å². The van der Waals surface area contributed by atoms with Gasteiger partial charge in [-0.15, -0.1) is 0 Å². The summed E-state index contributed by atoms with van der Waals surface area (Å²) in [6, 6.07) is 37.7. The Bertz CT molecular complexity index is 4840. The van der Waals surface area contributed by atoms with E-state index in [9.17, 15) is 4.79 Å². The molecule has 0 spiro atoms. The minimum absolute atomic E-state index is 0.133. The highest BCUT2D eigenvalue weighted by atomic mass is 16.5. The largest absolute Gasteiger partial charge is 0.487 e. The van der Waals surface area contributed by atoms with Crippen LogP contribution in [0.1, 0.15) is 55.6 Å². The molecule has 23 nitrogen and oxygen atoms in total. The quantitative estimate of drug-likeness (QED) is 0.126. The lowest BCUT2D eigenvalue weighted by Gasteiger charge is -2.37. The summed E-state index contributed by atoms with van der Waals surface area (Å²) in [7, 11) is 2.15. The Hall–Kier alpha value is -11.5. The summed E-state index contributed by atoms with van der Waals surface area (Å²) in [5, 5.41) is 10.3. The molecule has 0 aliphatic carbocycles. The van der Waals surface area contributed by atoms with Gasteiger partial charge in [-0.05, 0) is 122 Å². The van der Waals surface area contributed by atoms with Crippen LogP contribution in [0.25, 0.3) is 11.1 Å². The van der Waals surface area contributed by atoms with E-state index in [-0.39, 0.29) is 70.6 Å². The van der Waals surface area contributed by atoms with Gasteiger partial charge in [-0.3, -0.25) is 29.4 Å². The number of amides is 6. The summed E-state index contributed by atoms with van der Waals surface area (Å²) in [5.74, 6) is 3.38. The fourth-order valence-corrected chi connectivity index (χ4v) is 14.6. The zero-order chi connectivity index (χ0) is 68.8. The van der Waals surface area contributed by atoms with Gasteiger partial charge in [0.25, 0.3) is 0 Å². The number of aryl methyl sites for hydroxylation is 4. The van der Waals surface area contributed by atoms with Crippen molar-refractivity contribution in [2.75, 3.05) is 116 Å². The number of ether oxygens (including phenoxy) is 3. The number of nitrogens with one attached hydrogen (secondary N) is 3. The van der Waals surface area contributed by atoms with Crippen LogP contribution < -0.4 is 55.0 Å². The van der Waals surface area contributed by atoms with Crippen molar-refractivity contribution in [3.05, 3.63) is 226 Å². The highest BCUT2D eigenvalue weighted by Crippen LogP contribution is 2.44. The predicted octanol–water partition coefficient (Wildman–Crippen LogP) is 13.5. The third-order valence-corrected chi connectivity index (χ3v) is 19.6. The first kappa shape index (κ1) is 64.2. The minimum atomic E-state index is -0.532. The number of nitrogens with zero attached hydrogens (tertiary/aromatic N) is 14. The molecule has 23 heteroatoms. The molecule has 1 unspecified atom stereocenters. The number of aromatic nitrogens is 6. The van der Waals surface area contributed by atoms with E-state index in [1.165, 1.54) is 0 Å². The number of anilines is 13. The number of piperazine rings is 1. The Kier molecular flexibility index (Phi) is 17.3. The summed E-state index contributed by atoms with van der Waals surface area (Å²) in [6.07, 6.45) is 17.0. The number of benzene rings is 6. The molecular formula is C78H77N17O6. The smallest absolute Gasteiger partial charge is 0.330 e. The molecular weight excluding hydrogens is 1270 g/mol. The number of urea groups is 3. The lowest BCUT2D eigenvalue weighted by atomic mass is 9.94. The molecule has 510 valence electrons. The van der Waals surface area contributed by atoms with Crippen LogP contribution >= 0.6 is 0 Å². The second-order valence-electron chi connectivity index (χ2n) is 26.5. The standard InChI is InChI=1S/C78H77N17O6/c1-49-15-10-16-50(2)67(49)93-44-56-41-80-74-83-60-24-26-63(55(38-60)48-99-35-8-6-28-90(76(93)96)70(56)85-74)64-23-12-18-52(4)69(64)95-46-58-43-79-73-82-59-21-13-19-53(37-59)47-101-62(22-14-30-92(78(95)98)72(58)87-73)39-54-20-11-17-51(3)68(54)94-45-57-42-81-75-84-61-25-27-65(89-33-31-88(5)32-34-89)66(40-61)100-36-9-7-29-91(77(94)97)71(57)86-75/h6-27,37-38,40-43,62H,28-36,39,44-48H2,1-5H3,(H,79,82,87)(H,80,83,85)(H,81,84,86)/b8-6-,9-7-,22-14+. The van der Waals surface area contributed by atoms with Gasteiger partial charge in [0.1, 0.15) is 29.8 Å². The molecule has 1 atom stereocenters. The van der Waals surface area contributed by atoms with E-state index >= 15 is 9.59 Å². The van der Waals surface area contributed by atoms with Crippen LogP contribution in [-0.2, 0) is 48.7 Å². The van der Waals surface area contributed by atoms with Crippen molar-refractivity contribution in [1.29, 1.82) is 0 Å². The molecule has 9 aromatic rings. The number of carbonyl (C=O) groups is 3. The Morgan fingerprint density at radius 2 is 1.00 bits per heavy atom. The van der Waals surface area contributed by atoms with E-state index < -0.39 is 6.10 Å². The summed E-state index contributed by atoms with van der Waals surface area (Å²) in [6.45, 7) is 14.3. The second kappa shape index (κ2) is 27.3. The van der Waals surface area contributed by atoms with E-state index in [1.807, 2.05) is 188 Å². The number of hydrogen-bond acceptors (Lipinski definition) is 17. The van der Waals surface area contributed by atoms with Crippen molar-refractivity contribution in [3.8, 4) is 16.9 Å². The number of rotatable bonds is 7. The van der Waals surface area contributed by atoms with E-state index in [4.69, 9.17) is 44.1 Å². The third-order valence-electron chi connectivity index (χ3n) is 19.6. The molecule has 3 aromatic heterocycles. The van der Waals surface area contributed by atoms with Crippen LogP contribution in [0.15, 0.2) is 170 Å². The Morgan fingerprint density at radius 1 is 0.475 bits per heavy atom. The van der Waals surface area contributed by atoms with Gasteiger partial charge in [0.15, 0.2) is 0 Å². The summed E-state index contributed by atoms with van der Waals surface area (Å²) < 4.78 is 19.8. The fraction of sp³-hybridized carbons (Fsp3) is 0.269. The van der Waals surface area contributed by atoms with Gasteiger partial charge in [0.2, 0.25) is 17.8 Å². The molecule has 1 saturated heterocycles. The highest BCUT2D eigenvalue weighted by Gasteiger charge is 2.39. The molecule has 7 aliphatic heterocycles. The topological polar surface area (TPSA) is 218 Å². The van der Waals surface area contributed by atoms with Crippen LogP contribution in [0.4, 0.5) is 89.5 Å². The van der Waals surface area contributed by atoms with Gasteiger partial charge in [0, 0.05) is 116 Å². The molecule has 12 bridgehead atoms. The van der Waals surface area contributed by atoms with Crippen molar-refractivity contribution in [1.82, 2.24) is 34.8 Å². The van der Waals surface area contributed by atoms with Gasteiger partial charge in [-0.25, -0.2) is 29.3 Å². The number of para-hydroxylation sites is 3. The molecule has 6 amide bonds. The second-order valence-corrected chi connectivity index (χ2v) is 26.5. The van der Waals surface area contributed by atoms with Crippen LogP contribution in [0.3, 0.4) is 0 Å². The minimum Gasteiger partial charge on any atom is -0.487 e. The summed E-state index contributed by atoms with van der Waals surface area (Å²) >= 11 is 0. The molecule has 0 radical (unpaired) electrons. The first-order valence-electron chi connectivity index (χ1n) is 34.3. The zero-order valence-corrected chi connectivity index (χ0v) is 57.1. The van der Waals surface area contributed by atoms with Crippen molar-refractivity contribution in [2.45, 2.75) is 73.1 Å². The Labute approximate surface area is 586 Å². The van der Waals surface area contributed by atoms with Crippen molar-refractivity contribution in [2.24, 2.45) is 0 Å². The lowest BCUT2D eigenvalue weighted by molar-refractivity contribution is 0.0722. The predicted molar refractivity (Wildman–Crippen MR) is 394 cm³/mol. The zero-order valence-electron chi connectivity index (χ0n) is 57.1. The monoisotopic (exact) mass is 1350 g/mol. The summed E-state index contributed by atoms with van der Waals surface area (Å²) in [5.41, 5.74) is 16.3. The van der Waals surface area contributed by atoms with Gasteiger partial charge in [-0.2, -0.15) is 15.0 Å². The normalized spacial score (nSPS) is 18.7. The van der Waals surface area contributed by atoms with Crippen LogP contribution in [0.2, 0.25) is 0 Å². The molecule has 1 fully saturated rings. The Morgan fingerprint density at radius 3 is 1.64 bits per heavy atom. The number of fused-ring (bicyclic) bond motifs is 9. The first-order valence-corrected chi connectivity index (χ1v) is 34.3. The molecule has 6 aromatic carbocycles. The molecule has 101 heavy (non-hydrogen) atoms. The fourth-order valence-electron chi connectivity index (χ4n) is 14.6. The van der Waals surface area contributed by atoms with Crippen LogP contribution in [0, 0.1) is 27.7 Å². The van der Waals surface area contributed by atoms with Crippen molar-refractivity contribution < 1.29 is 28.6 Å². The van der Waals surface area contributed by atoms with Gasteiger partial charge in [-0.1, -0.05) is 103 Å². The highest BCUT2D eigenvalue weighted by molar-refractivity contribution is 6.10. The van der Waals surface area contributed by atoms with Crippen LogP contribution in [0.5, 0.6) is 5.75 Å². The average Bonchev–Trinajstić information content (AvgIpc) is 0.854. The Balaban J connectivity index is 0.686. The SMILES string of the molecule is Cc1cccc(C)c1N1Cc2cnc3nc2N(C/C=C\COCc2cc(ccc2-c2cccc(C)c2N2Cc4cnc5nc4N(C/C=C/C(Cc4cccc(C)c4N4Cc6cnc7nc6N(C/C=C\COc6cc(ccc6N6CCN(C)CC6)N7)C4=O)OCc4cccc(c4)N5)C2=O)N3)C1=O. The van der Waals surface area contributed by atoms with E-state index in [0.717, 1.165) is 139 Å². The molecule has 16 rings (SSSR count). The number of carbonyl (C=O) groups excluding carboxylic acids is 3. The maximum absolute atomic E-state index is 15.8. The van der Waals surface area contributed by atoms with Gasteiger partial charge < -0.3 is 40.0 Å². The van der Waals surface area contributed by atoms with E-state index in [2.05, 4.69) is 44.9 Å². The molecule has 7 aliphatic rings. The number of hydrogen-bond donors (Lipinski definition) is 3. The lowest BCUT2D eigenvalue weighted by Crippen LogP contribution is -2.48. The van der Waals surface area contributed by atoms with Crippen molar-refractivity contribution in [3.63, 3.8) is 0 Å². The van der Waals surface area contributed by atoms with E-state index in [1.54, 1.807) is 27.1 Å². The maximum atomic E-state index is 15.8. The average molecular weight is 1350 g/mol. The van der Waals surface area contributed by atoms with Crippen LogP contribution in [-0.4, -0.2) is 125 Å². The first-order chi connectivity index (χ1) is 49.3. The molecule has 3 N–H and O–H groups in total. The third kappa shape index (κ3) is 12.8. The van der Waals surface area contributed by atoms with Crippen molar-refractivity contribution >= 4 is 93.2 Å². The molecule has 0 saturated carbocycles. The van der Waals surface area contributed by atoms with E-state index in [0.29, 0.717) is 54.9 Å². The number of likely N-dealkylation sites (N-methyl/N-ethyl adjacent to an activating group) is 1. The molecule has 10 heterocycles.